The van der Waals surface area contributed by atoms with Crippen molar-refractivity contribution in [2.75, 3.05) is 0 Å². The van der Waals surface area contributed by atoms with Crippen LogP contribution in [0.15, 0.2) is 18.3 Å². The van der Waals surface area contributed by atoms with Crippen LogP contribution in [0.2, 0.25) is 0 Å². The molecule has 3 nitrogen and oxygen atoms in total. The zero-order valence-electron chi connectivity index (χ0n) is 9.37. The summed E-state index contributed by atoms with van der Waals surface area (Å²) in [5, 5.41) is 0. The number of esters is 1. The first-order chi connectivity index (χ1) is 7.50. The van der Waals surface area contributed by atoms with E-state index in [1.165, 1.54) is 6.92 Å². The number of hydrogen-bond acceptors (Lipinski definition) is 3. The number of nitrogens with zero attached hydrogens (tertiary/aromatic N) is 1. The van der Waals surface area contributed by atoms with Crippen LogP contribution in [0, 0.1) is 0 Å². The first-order valence-corrected chi connectivity index (χ1v) is 5.60. The lowest BCUT2D eigenvalue weighted by molar-refractivity contribution is -0.147. The van der Waals surface area contributed by atoms with Crippen molar-refractivity contribution in [2.24, 2.45) is 0 Å². The number of fused-ring (bicyclic) bond motifs is 1. The van der Waals surface area contributed by atoms with Gasteiger partial charge in [-0.2, -0.15) is 0 Å². The number of pyridine rings is 1. The van der Waals surface area contributed by atoms with Gasteiger partial charge in [0, 0.05) is 25.7 Å². The highest BCUT2D eigenvalue weighted by Crippen LogP contribution is 2.35. The largest absolute Gasteiger partial charge is 0.456 e. The summed E-state index contributed by atoms with van der Waals surface area (Å²) in [6.45, 7) is 1.35. The van der Waals surface area contributed by atoms with Crippen LogP contribution in [-0.2, 0) is 16.0 Å². The van der Waals surface area contributed by atoms with Gasteiger partial charge in [0.25, 0.3) is 0 Å². The Morgan fingerprint density at radius 1 is 1.80 bits per heavy atom. The van der Waals surface area contributed by atoms with E-state index in [4.69, 9.17) is 6.11 Å². The highest BCUT2D eigenvalue weighted by Gasteiger charge is 2.30. The molecule has 0 unspecified atom stereocenters. The molecule has 0 bridgehead atoms. The van der Waals surface area contributed by atoms with Crippen LogP contribution in [0.5, 0.6) is 0 Å². The summed E-state index contributed by atoms with van der Waals surface area (Å²) in [6.07, 6.45) is 2.44. The molecule has 15 heavy (non-hydrogen) atoms. The predicted octanol–water partition coefficient (Wildman–Crippen LogP) is 2.40. The molecular weight excluding hydrogens is 258 g/mol. The fourth-order valence-corrected chi connectivity index (χ4v) is 2.27. The summed E-state index contributed by atoms with van der Waals surface area (Å²) in [6, 6.07) is 3.66. The second-order valence-electron chi connectivity index (χ2n) is 3.48. The third kappa shape index (κ3) is 2.20. The Morgan fingerprint density at radius 3 is 3.33 bits per heavy atom. The van der Waals surface area contributed by atoms with Gasteiger partial charge in [-0.3, -0.25) is 9.78 Å². The molecule has 1 aliphatic rings. The summed E-state index contributed by atoms with van der Waals surface area (Å²) in [4.78, 5) is 14.4. The number of carbonyl (C=O) groups excluding carboxylic acids is 1. The molecule has 0 amide bonds. The maximum Gasteiger partial charge on any atom is 0.303 e. The lowest BCUT2D eigenvalue weighted by atomic mass is 9.93. The summed E-state index contributed by atoms with van der Waals surface area (Å²) < 4.78 is 13.3. The zero-order valence-corrected chi connectivity index (χ0v) is 9.95. The Morgan fingerprint density at radius 2 is 2.60 bits per heavy atom. The molecule has 0 N–H and O–H groups in total. The molecule has 2 rings (SSSR count). The van der Waals surface area contributed by atoms with Gasteiger partial charge in [0.1, 0.15) is 6.10 Å². The highest BCUT2D eigenvalue weighted by molar-refractivity contribution is 9.09. The van der Waals surface area contributed by atoms with Crippen LogP contribution in [0.1, 0.15) is 32.1 Å². The van der Waals surface area contributed by atoms with E-state index in [2.05, 4.69) is 20.9 Å². The van der Waals surface area contributed by atoms with Gasteiger partial charge in [-0.05, 0) is 18.9 Å². The third-order valence-corrected chi connectivity index (χ3v) is 3.19. The molecule has 0 spiro atoms. The van der Waals surface area contributed by atoms with Gasteiger partial charge in [-0.1, -0.05) is 22.0 Å². The maximum atomic E-state index is 11.1. The van der Waals surface area contributed by atoms with Gasteiger partial charge in [-0.15, -0.1) is 0 Å². The Kier molecular flexibility index (Phi) is 2.68. The van der Waals surface area contributed by atoms with Crippen LogP contribution in [0.3, 0.4) is 0 Å². The van der Waals surface area contributed by atoms with Crippen LogP contribution in [0.25, 0.3) is 0 Å². The third-order valence-electron chi connectivity index (χ3n) is 2.38. The molecule has 4 heteroatoms. The van der Waals surface area contributed by atoms with E-state index < -0.39 is 10.9 Å². The standard InChI is InChI=1S/C11H12BrNO2/c1-7(14)15-11-8-3-2-6-13-10(8)5-4-9(11)12/h2-3,6,9,11H,4-5H2,1H3/t9-,11-/m1/s1/i9D. The summed E-state index contributed by atoms with van der Waals surface area (Å²) in [7, 11) is 0. The molecule has 0 fully saturated rings. The minimum Gasteiger partial charge on any atom is -0.456 e. The molecule has 1 aromatic heterocycles. The van der Waals surface area contributed by atoms with Gasteiger partial charge in [-0.25, -0.2) is 0 Å². The number of aromatic nitrogens is 1. The van der Waals surface area contributed by atoms with Crippen molar-refractivity contribution >= 4 is 21.9 Å². The fraction of sp³-hybridized carbons (Fsp3) is 0.455. The second-order valence-corrected chi connectivity index (χ2v) is 4.49. The summed E-state index contributed by atoms with van der Waals surface area (Å²) >= 11 is 3.32. The molecule has 0 aliphatic heterocycles. The fourth-order valence-electron chi connectivity index (χ4n) is 1.73. The molecule has 0 saturated carbocycles. The molecule has 0 aromatic carbocycles. The number of rotatable bonds is 1. The number of hydrogen-bond donors (Lipinski definition) is 0. The van der Waals surface area contributed by atoms with Crippen LogP contribution < -0.4 is 0 Å². The molecule has 2 atom stereocenters. The maximum absolute atomic E-state index is 11.1. The number of carbonyl (C=O) groups is 1. The van der Waals surface area contributed by atoms with E-state index in [-0.39, 0.29) is 5.97 Å². The molecule has 1 aliphatic carbocycles. The molecular formula is C11H12BrNO2. The lowest BCUT2D eigenvalue weighted by Crippen LogP contribution is -2.25. The minimum atomic E-state index is -0.950. The Balaban J connectivity index is 2.41. The number of ether oxygens (including phenoxy) is 1. The van der Waals surface area contributed by atoms with E-state index in [1.54, 1.807) is 12.3 Å². The van der Waals surface area contributed by atoms with Crippen molar-refractivity contribution in [3.63, 3.8) is 0 Å². The zero-order chi connectivity index (χ0) is 11.8. The minimum absolute atomic E-state index is 0.377. The lowest BCUT2D eigenvalue weighted by Gasteiger charge is -2.28. The summed E-state index contributed by atoms with van der Waals surface area (Å²) in [5.41, 5.74) is 1.74. The van der Waals surface area contributed by atoms with Gasteiger partial charge in [0.05, 0.1) is 4.80 Å². The van der Waals surface area contributed by atoms with Crippen molar-refractivity contribution in [2.45, 2.75) is 30.7 Å². The Hall–Kier alpha value is -0.900. The van der Waals surface area contributed by atoms with Crippen molar-refractivity contribution in [1.29, 1.82) is 0 Å². The average molecular weight is 271 g/mol. The Labute approximate surface area is 98.4 Å². The molecule has 0 saturated heterocycles. The molecule has 80 valence electrons. The van der Waals surface area contributed by atoms with Gasteiger partial charge in [0.2, 0.25) is 0 Å². The first-order valence-electron chi connectivity index (χ1n) is 5.30. The molecule has 1 heterocycles. The quantitative estimate of drug-likeness (QED) is 0.581. The summed E-state index contributed by atoms with van der Waals surface area (Å²) in [5.74, 6) is -0.377. The predicted molar refractivity (Wildman–Crippen MR) is 59.8 cm³/mol. The molecule has 0 radical (unpaired) electrons. The van der Waals surface area contributed by atoms with Gasteiger partial charge < -0.3 is 4.74 Å². The molecule has 1 aromatic rings. The van der Waals surface area contributed by atoms with Crippen molar-refractivity contribution in [3.05, 3.63) is 29.6 Å². The highest BCUT2D eigenvalue weighted by atomic mass is 79.9. The van der Waals surface area contributed by atoms with Crippen LogP contribution in [-0.4, -0.2) is 15.8 Å². The monoisotopic (exact) mass is 270 g/mol. The van der Waals surface area contributed by atoms with Crippen LogP contribution >= 0.6 is 15.9 Å². The van der Waals surface area contributed by atoms with E-state index in [9.17, 15) is 4.79 Å². The SMILES string of the molecule is [2H][C@@]1(Br)CCc2ncccc2[C@H]1OC(C)=O. The van der Waals surface area contributed by atoms with Gasteiger partial charge in [0.15, 0.2) is 0 Å². The van der Waals surface area contributed by atoms with Crippen molar-refractivity contribution in [3.8, 4) is 0 Å². The first kappa shape index (κ1) is 9.33. The number of halogens is 1. The topological polar surface area (TPSA) is 39.2 Å². The smallest absolute Gasteiger partial charge is 0.303 e. The van der Waals surface area contributed by atoms with E-state index >= 15 is 0 Å². The second kappa shape index (κ2) is 4.31. The number of alkyl halides is 1. The average Bonchev–Trinajstić information content (AvgIpc) is 2.22. The van der Waals surface area contributed by atoms with Crippen LogP contribution in [0.4, 0.5) is 0 Å². The van der Waals surface area contributed by atoms with E-state index in [0.717, 1.165) is 17.7 Å². The van der Waals surface area contributed by atoms with Crippen molar-refractivity contribution < 1.29 is 10.9 Å². The van der Waals surface area contributed by atoms with Crippen molar-refractivity contribution in [1.82, 2.24) is 4.98 Å². The van der Waals surface area contributed by atoms with E-state index in [1.807, 2.05) is 6.07 Å². The number of aryl methyl sites for hydroxylation is 1. The Bertz CT molecular complexity index is 422. The normalized spacial score (nSPS) is 30.3. The van der Waals surface area contributed by atoms with E-state index in [0.29, 0.717) is 6.42 Å². The van der Waals surface area contributed by atoms with Gasteiger partial charge >= 0.3 is 5.97 Å².